The molecule has 0 atom stereocenters. The highest BCUT2D eigenvalue weighted by Crippen LogP contribution is 2.32. The second-order valence-electron chi connectivity index (χ2n) is 5.56. The topological polar surface area (TPSA) is 52.6 Å². The van der Waals surface area contributed by atoms with Crippen molar-refractivity contribution in [2.24, 2.45) is 0 Å². The summed E-state index contributed by atoms with van der Waals surface area (Å²) in [5.41, 5.74) is 4.94. The third kappa shape index (κ3) is 3.30. The normalized spacial score (nSPS) is 13.6. The Morgan fingerprint density at radius 3 is 2.74 bits per heavy atom. The molecule has 0 fully saturated rings. The summed E-state index contributed by atoms with van der Waals surface area (Å²) in [6.45, 7) is 1.52. The van der Waals surface area contributed by atoms with E-state index in [0.717, 1.165) is 36.2 Å². The monoisotopic (exact) mass is 334 g/mol. The molecule has 4 nitrogen and oxygen atoms in total. The standard InChI is InChI=1S/C17H16ClFN2O2/c18-14-9-16-13(8-15(14)19)2-1-7-21(16)10-11-3-5-12(6-4-11)17(22)20-23/h3-6,8-9,23H,1-2,7,10H2,(H,20,22). The first-order valence-electron chi connectivity index (χ1n) is 7.34. The highest BCUT2D eigenvalue weighted by Gasteiger charge is 2.19. The summed E-state index contributed by atoms with van der Waals surface area (Å²) >= 11 is 5.92. The molecule has 6 heteroatoms. The van der Waals surface area contributed by atoms with Crippen LogP contribution in [-0.2, 0) is 13.0 Å². The minimum atomic E-state index is -0.540. The number of anilines is 1. The second-order valence-corrected chi connectivity index (χ2v) is 5.97. The molecular weight excluding hydrogens is 319 g/mol. The van der Waals surface area contributed by atoms with Crippen molar-refractivity contribution in [3.63, 3.8) is 0 Å². The third-order valence-electron chi connectivity index (χ3n) is 4.03. The van der Waals surface area contributed by atoms with E-state index in [2.05, 4.69) is 4.90 Å². The lowest BCUT2D eigenvalue weighted by Gasteiger charge is -2.31. The molecule has 3 rings (SSSR count). The molecule has 1 aliphatic rings. The molecule has 0 spiro atoms. The number of carbonyl (C=O) groups excluding carboxylic acids is 1. The van der Waals surface area contributed by atoms with Gasteiger partial charge in [0, 0.05) is 24.3 Å². The smallest absolute Gasteiger partial charge is 0.274 e. The van der Waals surface area contributed by atoms with Gasteiger partial charge in [-0.3, -0.25) is 10.0 Å². The van der Waals surface area contributed by atoms with Crippen molar-refractivity contribution >= 4 is 23.2 Å². The highest BCUT2D eigenvalue weighted by molar-refractivity contribution is 6.31. The van der Waals surface area contributed by atoms with Gasteiger partial charge in [-0.1, -0.05) is 23.7 Å². The van der Waals surface area contributed by atoms with E-state index in [9.17, 15) is 9.18 Å². The van der Waals surface area contributed by atoms with Gasteiger partial charge in [0.05, 0.1) is 5.02 Å². The van der Waals surface area contributed by atoms with Crippen molar-refractivity contribution in [1.29, 1.82) is 0 Å². The second kappa shape index (κ2) is 6.56. The van der Waals surface area contributed by atoms with E-state index in [4.69, 9.17) is 16.8 Å². The van der Waals surface area contributed by atoms with Crippen LogP contribution in [0, 0.1) is 5.82 Å². The van der Waals surface area contributed by atoms with E-state index in [1.807, 2.05) is 12.1 Å². The quantitative estimate of drug-likeness (QED) is 0.666. The summed E-state index contributed by atoms with van der Waals surface area (Å²) in [7, 11) is 0. The van der Waals surface area contributed by atoms with Gasteiger partial charge < -0.3 is 4.90 Å². The summed E-state index contributed by atoms with van der Waals surface area (Å²) in [6.07, 6.45) is 1.80. The summed E-state index contributed by atoms with van der Waals surface area (Å²) in [5.74, 6) is -0.922. The van der Waals surface area contributed by atoms with E-state index >= 15 is 0 Å². The summed E-state index contributed by atoms with van der Waals surface area (Å²) in [5, 5.41) is 8.76. The molecule has 2 aromatic carbocycles. The van der Waals surface area contributed by atoms with E-state index in [1.54, 1.807) is 23.7 Å². The van der Waals surface area contributed by atoms with Gasteiger partial charge in [0.2, 0.25) is 0 Å². The third-order valence-corrected chi connectivity index (χ3v) is 4.32. The number of hydrogen-bond acceptors (Lipinski definition) is 3. The van der Waals surface area contributed by atoms with Gasteiger partial charge in [0.25, 0.3) is 5.91 Å². The first kappa shape index (κ1) is 15.8. The number of fused-ring (bicyclic) bond motifs is 1. The van der Waals surface area contributed by atoms with Crippen molar-refractivity contribution < 1.29 is 14.4 Å². The number of benzene rings is 2. The molecule has 0 unspecified atom stereocenters. The maximum absolute atomic E-state index is 13.6. The maximum Gasteiger partial charge on any atom is 0.274 e. The molecule has 2 aromatic rings. The molecule has 0 saturated heterocycles. The molecule has 1 amide bonds. The molecule has 2 N–H and O–H groups in total. The lowest BCUT2D eigenvalue weighted by Crippen LogP contribution is -2.29. The molecule has 120 valence electrons. The number of halogens is 2. The number of nitrogens with one attached hydrogen (secondary N) is 1. The lowest BCUT2D eigenvalue weighted by molar-refractivity contribution is 0.0706. The number of nitrogens with zero attached hydrogens (tertiary/aromatic N) is 1. The fourth-order valence-corrected chi connectivity index (χ4v) is 3.02. The van der Waals surface area contributed by atoms with Gasteiger partial charge in [0.1, 0.15) is 5.82 Å². The van der Waals surface area contributed by atoms with Crippen LogP contribution < -0.4 is 10.4 Å². The first-order chi connectivity index (χ1) is 11.1. The Morgan fingerprint density at radius 2 is 2.04 bits per heavy atom. The fourth-order valence-electron chi connectivity index (χ4n) is 2.86. The summed E-state index contributed by atoms with van der Waals surface area (Å²) < 4.78 is 13.6. The predicted molar refractivity (Wildman–Crippen MR) is 86.5 cm³/mol. The number of hydrogen-bond donors (Lipinski definition) is 2. The SMILES string of the molecule is O=C(NO)c1ccc(CN2CCCc3cc(F)c(Cl)cc32)cc1. The van der Waals surface area contributed by atoms with Crippen molar-refractivity contribution in [3.8, 4) is 0 Å². The lowest BCUT2D eigenvalue weighted by atomic mass is 10.0. The average molecular weight is 335 g/mol. The van der Waals surface area contributed by atoms with Gasteiger partial charge in [-0.05, 0) is 48.2 Å². The van der Waals surface area contributed by atoms with Crippen LogP contribution >= 0.6 is 11.6 Å². The van der Waals surface area contributed by atoms with E-state index in [-0.39, 0.29) is 10.8 Å². The zero-order valence-corrected chi connectivity index (χ0v) is 13.1. The van der Waals surface area contributed by atoms with Gasteiger partial charge in [0.15, 0.2) is 0 Å². The number of hydroxylamine groups is 1. The van der Waals surface area contributed by atoms with Crippen LogP contribution in [0.4, 0.5) is 10.1 Å². The molecular formula is C17H16ClFN2O2. The van der Waals surface area contributed by atoms with Crippen LogP contribution in [0.2, 0.25) is 5.02 Å². The minimum absolute atomic E-state index is 0.130. The van der Waals surface area contributed by atoms with E-state index < -0.39 is 5.91 Å². The number of aryl methyl sites for hydroxylation is 1. The highest BCUT2D eigenvalue weighted by atomic mass is 35.5. The molecule has 0 aromatic heterocycles. The number of amides is 1. The Bertz CT molecular complexity index is 734. The Kier molecular flexibility index (Phi) is 4.50. The van der Waals surface area contributed by atoms with Crippen LogP contribution in [0.3, 0.4) is 0 Å². The van der Waals surface area contributed by atoms with Crippen molar-refractivity contribution in [3.05, 3.63) is 63.9 Å². The van der Waals surface area contributed by atoms with Crippen LogP contribution in [0.5, 0.6) is 0 Å². The Hall–Kier alpha value is -2.11. The van der Waals surface area contributed by atoms with Crippen LogP contribution in [-0.4, -0.2) is 17.7 Å². The van der Waals surface area contributed by atoms with E-state index in [1.165, 1.54) is 6.07 Å². The first-order valence-corrected chi connectivity index (χ1v) is 7.72. The van der Waals surface area contributed by atoms with Gasteiger partial charge in [-0.25, -0.2) is 9.87 Å². The average Bonchev–Trinajstić information content (AvgIpc) is 2.56. The number of carbonyl (C=O) groups is 1. The van der Waals surface area contributed by atoms with E-state index in [0.29, 0.717) is 12.1 Å². The van der Waals surface area contributed by atoms with Gasteiger partial charge in [-0.15, -0.1) is 0 Å². The maximum atomic E-state index is 13.6. The largest absolute Gasteiger partial charge is 0.367 e. The van der Waals surface area contributed by atoms with Crippen LogP contribution in [0.1, 0.15) is 27.9 Å². The van der Waals surface area contributed by atoms with Crippen molar-refractivity contribution in [1.82, 2.24) is 5.48 Å². The zero-order chi connectivity index (χ0) is 16.4. The molecule has 1 aliphatic heterocycles. The van der Waals surface area contributed by atoms with Crippen molar-refractivity contribution in [2.45, 2.75) is 19.4 Å². The summed E-state index contributed by atoms with van der Waals surface area (Å²) in [6, 6.07) is 10.2. The molecule has 0 saturated carbocycles. The summed E-state index contributed by atoms with van der Waals surface area (Å²) in [4.78, 5) is 13.5. The molecule has 0 radical (unpaired) electrons. The predicted octanol–water partition coefficient (Wildman–Crippen LogP) is 3.55. The molecule has 0 aliphatic carbocycles. The Labute approximate surface area is 138 Å². The Balaban J connectivity index is 1.82. The Morgan fingerprint density at radius 1 is 1.30 bits per heavy atom. The molecule has 1 heterocycles. The van der Waals surface area contributed by atoms with Crippen molar-refractivity contribution in [2.75, 3.05) is 11.4 Å². The molecule has 23 heavy (non-hydrogen) atoms. The minimum Gasteiger partial charge on any atom is -0.367 e. The van der Waals surface area contributed by atoms with Crippen LogP contribution in [0.15, 0.2) is 36.4 Å². The van der Waals surface area contributed by atoms with Gasteiger partial charge in [-0.2, -0.15) is 0 Å². The van der Waals surface area contributed by atoms with Gasteiger partial charge >= 0.3 is 0 Å². The van der Waals surface area contributed by atoms with Crippen LogP contribution in [0.25, 0.3) is 0 Å². The fraction of sp³-hybridized carbons (Fsp3) is 0.235. The zero-order valence-electron chi connectivity index (χ0n) is 12.4. The number of rotatable bonds is 3. The molecule has 0 bridgehead atoms.